The summed E-state index contributed by atoms with van der Waals surface area (Å²) in [6.07, 6.45) is 5.90. The molecule has 0 atom stereocenters. The van der Waals surface area contributed by atoms with Crippen LogP contribution in [0, 0.1) is 0 Å². The highest BCUT2D eigenvalue weighted by Crippen LogP contribution is 2.35. The summed E-state index contributed by atoms with van der Waals surface area (Å²) in [6.45, 7) is 1.78. The van der Waals surface area contributed by atoms with E-state index in [-0.39, 0.29) is 24.6 Å². The lowest BCUT2D eigenvalue weighted by atomic mass is 9.90. The number of nitrogens with one attached hydrogen (secondary N) is 1. The number of hydrogen-bond donors (Lipinski definition) is 1. The summed E-state index contributed by atoms with van der Waals surface area (Å²) < 4.78 is 2.47. The number of rotatable bonds is 5. The average Bonchev–Trinajstić information content (AvgIpc) is 3.20. The molecular weight excluding hydrogens is 390 g/mol. The van der Waals surface area contributed by atoms with Crippen molar-refractivity contribution in [1.82, 2.24) is 19.3 Å². The van der Waals surface area contributed by atoms with Gasteiger partial charge in [0.25, 0.3) is 5.56 Å². The fourth-order valence-electron chi connectivity index (χ4n) is 3.90. The number of carbonyl (C=O) groups excluding carboxylic acids is 1. The van der Waals surface area contributed by atoms with Crippen LogP contribution >= 0.6 is 11.3 Å². The van der Waals surface area contributed by atoms with Crippen molar-refractivity contribution in [3.8, 4) is 0 Å². The lowest BCUT2D eigenvalue weighted by Crippen LogP contribution is -2.41. The van der Waals surface area contributed by atoms with Gasteiger partial charge in [-0.3, -0.25) is 24.0 Å². The van der Waals surface area contributed by atoms with Crippen LogP contribution in [0.5, 0.6) is 0 Å². The summed E-state index contributed by atoms with van der Waals surface area (Å²) in [6, 6.07) is 6.83. The van der Waals surface area contributed by atoms with Crippen molar-refractivity contribution in [1.29, 1.82) is 0 Å². The second-order valence-electron chi connectivity index (χ2n) is 7.26. The van der Waals surface area contributed by atoms with E-state index < -0.39 is 5.69 Å². The normalized spacial score (nSPS) is 14.9. The van der Waals surface area contributed by atoms with E-state index in [2.05, 4.69) is 15.5 Å². The molecule has 0 saturated heterocycles. The Hall–Kier alpha value is -2.81. The topological polar surface area (TPSA) is 98.9 Å². The summed E-state index contributed by atoms with van der Waals surface area (Å²) in [5.41, 5.74) is -0.389. The zero-order chi connectivity index (χ0) is 20.4. The van der Waals surface area contributed by atoms with Crippen LogP contribution in [0.3, 0.4) is 0 Å². The Morgan fingerprint density at radius 1 is 1.14 bits per heavy atom. The molecule has 1 fully saturated rings. The van der Waals surface area contributed by atoms with Crippen LogP contribution in [0.2, 0.25) is 0 Å². The molecule has 0 bridgehead atoms. The Morgan fingerprint density at radius 2 is 1.90 bits per heavy atom. The minimum absolute atomic E-state index is 0.196. The van der Waals surface area contributed by atoms with Gasteiger partial charge in [0.1, 0.15) is 11.6 Å². The molecule has 2 aromatic heterocycles. The highest BCUT2D eigenvalue weighted by atomic mass is 32.1. The van der Waals surface area contributed by atoms with Crippen molar-refractivity contribution in [3.63, 3.8) is 0 Å². The van der Waals surface area contributed by atoms with Crippen LogP contribution in [0.15, 0.2) is 33.9 Å². The number of nitrogens with zero attached hydrogens (tertiary/aromatic N) is 4. The van der Waals surface area contributed by atoms with Gasteiger partial charge in [0.05, 0.1) is 10.9 Å². The molecule has 4 rings (SSSR count). The van der Waals surface area contributed by atoms with Gasteiger partial charge in [0, 0.05) is 12.5 Å². The number of fused-ring (bicyclic) bond motifs is 1. The van der Waals surface area contributed by atoms with Gasteiger partial charge in [-0.05, 0) is 31.9 Å². The molecule has 0 radical (unpaired) electrons. The van der Waals surface area contributed by atoms with Gasteiger partial charge >= 0.3 is 5.69 Å². The minimum atomic E-state index is -0.494. The first-order valence-corrected chi connectivity index (χ1v) is 10.8. The number of para-hydroxylation sites is 1. The maximum absolute atomic E-state index is 12.8. The molecule has 1 aromatic carbocycles. The molecule has 152 valence electrons. The van der Waals surface area contributed by atoms with Crippen molar-refractivity contribution < 1.29 is 4.79 Å². The molecule has 9 heteroatoms. The number of hydrogen-bond acceptors (Lipinski definition) is 6. The zero-order valence-corrected chi connectivity index (χ0v) is 17.1. The van der Waals surface area contributed by atoms with Crippen LogP contribution in [-0.2, 0) is 17.9 Å². The molecule has 8 nitrogen and oxygen atoms in total. The average molecular weight is 414 g/mol. The zero-order valence-electron chi connectivity index (χ0n) is 16.3. The van der Waals surface area contributed by atoms with Gasteiger partial charge in [-0.1, -0.05) is 42.7 Å². The Labute approximate surface area is 171 Å². The van der Waals surface area contributed by atoms with E-state index >= 15 is 0 Å². The standard InChI is InChI=1S/C20H23N5O3S/c1-2-24-18(27)14-10-6-7-11-15(14)25(20(24)28)12-16(26)21-19-23-22-17(29-19)13-8-4-3-5-9-13/h6-7,10-11,13H,2-5,8-9,12H2,1H3,(H,21,23,26). The first-order valence-electron chi connectivity index (χ1n) is 9.94. The lowest BCUT2D eigenvalue weighted by molar-refractivity contribution is -0.116. The molecule has 1 amide bonds. The van der Waals surface area contributed by atoms with Gasteiger partial charge in [-0.25, -0.2) is 4.79 Å². The molecule has 3 aromatic rings. The summed E-state index contributed by atoms with van der Waals surface area (Å²) in [5, 5.41) is 12.9. The number of benzene rings is 1. The summed E-state index contributed by atoms with van der Waals surface area (Å²) >= 11 is 1.40. The third-order valence-electron chi connectivity index (χ3n) is 5.39. The predicted octanol–water partition coefficient (Wildman–Crippen LogP) is 2.72. The summed E-state index contributed by atoms with van der Waals surface area (Å²) in [4.78, 5) is 37.9. The molecule has 0 aliphatic heterocycles. The highest BCUT2D eigenvalue weighted by molar-refractivity contribution is 7.15. The van der Waals surface area contributed by atoms with E-state index in [1.807, 2.05) is 0 Å². The number of anilines is 1. The van der Waals surface area contributed by atoms with E-state index in [4.69, 9.17) is 0 Å². The van der Waals surface area contributed by atoms with E-state index in [0.717, 1.165) is 22.4 Å². The largest absolute Gasteiger partial charge is 0.331 e. The Balaban J connectivity index is 1.58. The van der Waals surface area contributed by atoms with Gasteiger partial charge in [-0.15, -0.1) is 10.2 Å². The minimum Gasteiger partial charge on any atom is -0.299 e. The fraction of sp³-hybridized carbons (Fsp3) is 0.450. The van der Waals surface area contributed by atoms with Crippen molar-refractivity contribution in [2.24, 2.45) is 0 Å². The summed E-state index contributed by atoms with van der Waals surface area (Å²) in [5.74, 6) is 0.0523. The quantitative estimate of drug-likeness (QED) is 0.693. The highest BCUT2D eigenvalue weighted by Gasteiger charge is 2.21. The van der Waals surface area contributed by atoms with Gasteiger partial charge in [0.15, 0.2) is 0 Å². The van der Waals surface area contributed by atoms with Crippen molar-refractivity contribution in [2.75, 3.05) is 5.32 Å². The molecule has 1 N–H and O–H groups in total. The van der Waals surface area contributed by atoms with Crippen LogP contribution in [-0.4, -0.2) is 25.2 Å². The smallest absolute Gasteiger partial charge is 0.299 e. The molecule has 0 spiro atoms. The van der Waals surface area contributed by atoms with Crippen LogP contribution in [0.4, 0.5) is 5.13 Å². The van der Waals surface area contributed by atoms with E-state index in [0.29, 0.717) is 22.0 Å². The molecule has 1 aliphatic rings. The van der Waals surface area contributed by atoms with E-state index in [1.165, 1.54) is 35.2 Å². The number of carbonyl (C=O) groups is 1. The van der Waals surface area contributed by atoms with Crippen LogP contribution < -0.4 is 16.6 Å². The van der Waals surface area contributed by atoms with Crippen LogP contribution in [0.25, 0.3) is 10.9 Å². The number of amides is 1. The second-order valence-corrected chi connectivity index (χ2v) is 8.27. The SMILES string of the molecule is CCn1c(=O)c2ccccc2n(CC(=O)Nc2nnc(C3CCCCC3)s2)c1=O. The van der Waals surface area contributed by atoms with Crippen molar-refractivity contribution in [3.05, 3.63) is 50.1 Å². The molecule has 29 heavy (non-hydrogen) atoms. The Kier molecular flexibility index (Phi) is 5.57. The van der Waals surface area contributed by atoms with Gasteiger partial charge < -0.3 is 0 Å². The van der Waals surface area contributed by atoms with E-state index in [1.54, 1.807) is 31.2 Å². The Bertz CT molecular complexity index is 1160. The third-order valence-corrected chi connectivity index (χ3v) is 6.39. The number of aromatic nitrogens is 4. The molecule has 0 unspecified atom stereocenters. The van der Waals surface area contributed by atoms with Crippen LogP contribution in [0.1, 0.15) is 50.0 Å². The summed E-state index contributed by atoms with van der Waals surface area (Å²) in [7, 11) is 0. The lowest BCUT2D eigenvalue weighted by Gasteiger charge is -2.18. The monoisotopic (exact) mass is 413 g/mol. The third kappa shape index (κ3) is 3.87. The molecule has 1 aliphatic carbocycles. The Morgan fingerprint density at radius 3 is 2.66 bits per heavy atom. The molecular formula is C20H23N5O3S. The van der Waals surface area contributed by atoms with Crippen molar-refractivity contribution in [2.45, 2.75) is 58.0 Å². The fourth-order valence-corrected chi connectivity index (χ4v) is 4.83. The van der Waals surface area contributed by atoms with Gasteiger partial charge in [0.2, 0.25) is 11.0 Å². The maximum atomic E-state index is 12.8. The second kappa shape index (κ2) is 8.28. The molecule has 2 heterocycles. The first-order chi connectivity index (χ1) is 14.1. The molecule has 1 saturated carbocycles. The van der Waals surface area contributed by atoms with Gasteiger partial charge in [-0.2, -0.15) is 0 Å². The first kappa shape index (κ1) is 19.5. The van der Waals surface area contributed by atoms with E-state index in [9.17, 15) is 14.4 Å². The maximum Gasteiger partial charge on any atom is 0.331 e. The van der Waals surface area contributed by atoms with Crippen molar-refractivity contribution >= 4 is 33.3 Å². The predicted molar refractivity (Wildman–Crippen MR) is 113 cm³/mol.